The third-order valence-corrected chi connectivity index (χ3v) is 16.9. The number of rotatable bonds is 6. The molecule has 4 aromatic rings. The minimum atomic E-state index is -1.29. The van der Waals surface area contributed by atoms with Gasteiger partial charge in [0.1, 0.15) is 17.3 Å². The summed E-state index contributed by atoms with van der Waals surface area (Å²) < 4.78 is 19.5. The number of fused-ring (bicyclic) bond motifs is 4. The Morgan fingerprint density at radius 3 is 2.36 bits per heavy atom. The van der Waals surface area contributed by atoms with Gasteiger partial charge in [-0.1, -0.05) is 67.1 Å². The third-order valence-electron chi connectivity index (χ3n) is 16.4. The van der Waals surface area contributed by atoms with Gasteiger partial charge in [0.05, 0.1) is 22.1 Å². The molecule has 2 spiro atoms. The van der Waals surface area contributed by atoms with Crippen molar-refractivity contribution in [1.82, 2.24) is 30.0 Å². The van der Waals surface area contributed by atoms with Gasteiger partial charge in [-0.05, 0) is 143 Å². The molecule has 1 unspecified atom stereocenters. The van der Waals surface area contributed by atoms with Crippen LogP contribution < -0.4 is 27.0 Å². The van der Waals surface area contributed by atoms with E-state index < -0.39 is 40.7 Å². The summed E-state index contributed by atoms with van der Waals surface area (Å²) in [6, 6.07) is 14.3. The van der Waals surface area contributed by atoms with E-state index in [4.69, 9.17) is 23.2 Å². The van der Waals surface area contributed by atoms with Gasteiger partial charge in [-0.25, -0.2) is 9.18 Å². The van der Waals surface area contributed by atoms with E-state index in [1.807, 2.05) is 24.3 Å². The van der Waals surface area contributed by atoms with Crippen LogP contribution in [0, 0.1) is 34.9 Å². The Morgan fingerprint density at radius 2 is 1.63 bits per heavy atom. The fourth-order valence-corrected chi connectivity index (χ4v) is 13.0. The van der Waals surface area contributed by atoms with Crippen LogP contribution >= 0.6 is 23.2 Å². The van der Waals surface area contributed by atoms with E-state index in [2.05, 4.69) is 51.9 Å². The number of carbonyl (C=O) groups excluding carboxylic acids is 4. The van der Waals surface area contributed by atoms with Crippen molar-refractivity contribution in [1.29, 1.82) is 0 Å². The normalized spacial score (nSPS) is 28.3. The maximum absolute atomic E-state index is 16.5. The van der Waals surface area contributed by atoms with Gasteiger partial charge in [-0.3, -0.25) is 38.9 Å². The lowest BCUT2D eigenvalue weighted by molar-refractivity contribution is -0.136. The highest BCUT2D eigenvalue weighted by Crippen LogP contribution is 2.64. The van der Waals surface area contributed by atoms with Crippen molar-refractivity contribution in [2.45, 2.75) is 126 Å². The highest BCUT2D eigenvalue weighted by atomic mass is 35.5. The minimum Gasteiger partial charge on any atom is -0.352 e. The first kappa shape index (κ1) is 45.8. The van der Waals surface area contributed by atoms with Crippen LogP contribution in [-0.2, 0) is 31.6 Å². The van der Waals surface area contributed by atoms with Crippen LogP contribution in [0.1, 0.15) is 120 Å². The lowest BCUT2D eigenvalue weighted by atomic mass is 9.53. The average molecular weight is 951 g/mol. The van der Waals surface area contributed by atoms with Gasteiger partial charge in [0, 0.05) is 59.7 Å². The van der Waals surface area contributed by atoms with E-state index >= 15 is 4.39 Å². The Kier molecular flexibility index (Phi) is 12.0. The molecule has 3 saturated heterocycles. The standard InChI is InChI=1S/C52H58Cl2FN7O5/c1-50(2)21-23-51(24-22-50)52(36-15-12-33(53)28-38(36)57-48(52)66)43(35-5-4-6-37(54)44(35)55)45(59-51)47(65)56-34-13-9-32(10-14-34)29-61-25-19-30(20-26-61)7-8-31-11-16-39-41(27-31)60(3)49(67)62(39)40-17-18-42(63)58-46(40)64/h4-6,11-12,15-16,27-28,30,32,34,40,43,45,59H,9-10,13-14,17-26,29H2,1-3H3,(H,56,65)(H,57,66)(H,58,63,64)/t32?,34?,40?,43-,45+,52+/m0/s1. The summed E-state index contributed by atoms with van der Waals surface area (Å²) in [5.41, 5.74) is 1.36. The van der Waals surface area contributed by atoms with Crippen LogP contribution in [0.4, 0.5) is 10.1 Å². The van der Waals surface area contributed by atoms with Gasteiger partial charge in [-0.15, -0.1) is 0 Å². The number of hydrogen-bond donors (Lipinski definition) is 4. The molecule has 0 bridgehead atoms. The van der Waals surface area contributed by atoms with Crippen LogP contribution in [-0.4, -0.2) is 74.9 Å². The van der Waals surface area contributed by atoms with Crippen molar-refractivity contribution in [3.63, 3.8) is 0 Å². The number of nitrogens with one attached hydrogen (secondary N) is 4. The van der Waals surface area contributed by atoms with E-state index in [-0.39, 0.29) is 64.2 Å². The van der Waals surface area contributed by atoms with Gasteiger partial charge < -0.3 is 15.5 Å². The topological polar surface area (TPSA) is 147 Å². The summed E-state index contributed by atoms with van der Waals surface area (Å²) in [6.45, 7) is 7.38. The molecule has 4 N–H and O–H groups in total. The molecule has 12 nitrogen and oxygen atoms in total. The van der Waals surface area contributed by atoms with Crippen molar-refractivity contribution < 1.29 is 23.6 Å². The molecular formula is C52H58Cl2FN7O5. The fourth-order valence-electron chi connectivity index (χ4n) is 12.7. The van der Waals surface area contributed by atoms with E-state index in [0.717, 1.165) is 82.1 Å². The molecule has 2 saturated carbocycles. The molecule has 0 radical (unpaired) electrons. The molecule has 15 heteroatoms. The lowest BCUT2D eigenvalue weighted by Crippen LogP contribution is -2.61. The molecule has 352 valence electrons. The van der Waals surface area contributed by atoms with E-state index in [1.54, 1.807) is 31.3 Å². The van der Waals surface area contributed by atoms with Crippen molar-refractivity contribution in [3.05, 3.63) is 97.6 Å². The number of halogens is 3. The van der Waals surface area contributed by atoms with Crippen molar-refractivity contribution >= 4 is 63.6 Å². The van der Waals surface area contributed by atoms with Gasteiger partial charge in [0.25, 0.3) is 0 Å². The quantitative estimate of drug-likeness (QED) is 0.116. The fraction of sp³-hybridized carbons (Fsp3) is 0.519. The summed E-state index contributed by atoms with van der Waals surface area (Å²) in [4.78, 5) is 69.8. The monoisotopic (exact) mass is 949 g/mol. The number of aromatic nitrogens is 2. The van der Waals surface area contributed by atoms with Crippen molar-refractivity contribution in [2.75, 3.05) is 25.0 Å². The SMILES string of the molecule is Cn1c(=O)n(C2CCC(=O)NC2=O)c2ccc(C#CC3CCN(CC4CCC(NC(=O)[C@@H]5NC6(CCC(C)(C)CC6)[C@@]6(C(=O)Nc7cc(Cl)ccc76)[C@H]5c5cccc(Cl)c5F)CC4)CC3)cc21. The second-order valence-electron chi connectivity index (χ2n) is 20.9. The van der Waals surface area contributed by atoms with Crippen molar-refractivity contribution in [3.8, 4) is 11.8 Å². The zero-order chi connectivity index (χ0) is 47.0. The second-order valence-corrected chi connectivity index (χ2v) is 21.7. The number of likely N-dealkylation sites (tertiary alicyclic amines) is 1. The van der Waals surface area contributed by atoms with Gasteiger partial charge >= 0.3 is 5.69 Å². The number of imide groups is 1. The number of anilines is 1. The summed E-state index contributed by atoms with van der Waals surface area (Å²) >= 11 is 12.9. The summed E-state index contributed by atoms with van der Waals surface area (Å²) in [7, 11) is 1.69. The number of piperidine rings is 2. The first-order valence-corrected chi connectivity index (χ1v) is 24.7. The zero-order valence-corrected chi connectivity index (χ0v) is 39.8. The van der Waals surface area contributed by atoms with E-state index in [0.29, 0.717) is 40.5 Å². The molecular weight excluding hydrogens is 893 g/mol. The number of aryl methyl sites for hydroxylation is 1. The van der Waals surface area contributed by atoms with Crippen LogP contribution in [0.25, 0.3) is 11.0 Å². The molecule has 67 heavy (non-hydrogen) atoms. The Bertz CT molecular complexity index is 2800. The van der Waals surface area contributed by atoms with E-state index in [9.17, 15) is 24.0 Å². The third kappa shape index (κ3) is 7.99. The summed E-state index contributed by atoms with van der Waals surface area (Å²) in [5.74, 6) is 4.86. The van der Waals surface area contributed by atoms with Crippen LogP contribution in [0.3, 0.4) is 0 Å². The Hall–Kier alpha value is -5.00. The number of carbonyl (C=O) groups is 4. The lowest BCUT2D eigenvalue weighted by Gasteiger charge is -2.50. The average Bonchev–Trinajstić information content (AvgIpc) is 3.86. The number of benzene rings is 3. The molecule has 4 amide bonds. The number of nitrogens with zero attached hydrogens (tertiary/aromatic N) is 3. The molecule has 6 aliphatic rings. The molecule has 4 aliphatic heterocycles. The largest absolute Gasteiger partial charge is 0.352 e. The predicted octanol–water partition coefficient (Wildman–Crippen LogP) is 7.49. The molecule has 2 aliphatic carbocycles. The highest BCUT2D eigenvalue weighted by molar-refractivity contribution is 6.31. The first-order chi connectivity index (χ1) is 32.1. The maximum atomic E-state index is 16.5. The zero-order valence-electron chi connectivity index (χ0n) is 38.3. The Labute approximate surface area is 400 Å². The first-order valence-electron chi connectivity index (χ1n) is 24.0. The molecule has 5 fully saturated rings. The molecule has 4 atom stereocenters. The predicted molar refractivity (Wildman–Crippen MR) is 256 cm³/mol. The Morgan fingerprint density at radius 1 is 0.881 bits per heavy atom. The minimum absolute atomic E-state index is 0.0460. The van der Waals surface area contributed by atoms with Crippen molar-refractivity contribution in [2.24, 2.45) is 24.3 Å². The summed E-state index contributed by atoms with van der Waals surface area (Å²) in [5, 5.41) is 13.1. The van der Waals surface area contributed by atoms with Crippen LogP contribution in [0.2, 0.25) is 10.0 Å². The molecule has 5 heterocycles. The molecule has 10 rings (SSSR count). The number of imidazole rings is 1. The highest BCUT2D eigenvalue weighted by Gasteiger charge is 2.73. The number of amides is 4. The molecule has 1 aromatic heterocycles. The second kappa shape index (κ2) is 17.5. The smallest absolute Gasteiger partial charge is 0.329 e. The number of hydrogen-bond acceptors (Lipinski definition) is 7. The molecule has 3 aromatic carbocycles. The Balaban J connectivity index is 0.787. The van der Waals surface area contributed by atoms with Crippen LogP contribution in [0.15, 0.2) is 59.4 Å². The van der Waals surface area contributed by atoms with Crippen LogP contribution in [0.5, 0.6) is 0 Å². The maximum Gasteiger partial charge on any atom is 0.329 e. The van der Waals surface area contributed by atoms with Gasteiger partial charge in [0.15, 0.2) is 0 Å². The summed E-state index contributed by atoms with van der Waals surface area (Å²) in [6.07, 6.45) is 8.96. The van der Waals surface area contributed by atoms with E-state index in [1.165, 1.54) is 15.2 Å². The van der Waals surface area contributed by atoms with Gasteiger partial charge in [0.2, 0.25) is 23.6 Å². The van der Waals surface area contributed by atoms with Gasteiger partial charge in [-0.2, -0.15) is 0 Å².